The number of hydrogen-bond acceptors (Lipinski definition) is 4. The van der Waals surface area contributed by atoms with E-state index in [9.17, 15) is 9.18 Å². The Labute approximate surface area is 168 Å². The second-order valence-corrected chi connectivity index (χ2v) is 7.15. The molecule has 0 unspecified atom stereocenters. The number of para-hydroxylation sites is 1. The molecule has 3 aromatic rings. The molecular formula is C23H22FN3O2. The summed E-state index contributed by atoms with van der Waals surface area (Å²) in [5.74, 6) is 0.535. The van der Waals surface area contributed by atoms with Gasteiger partial charge in [-0.2, -0.15) is 5.10 Å². The molecule has 2 aromatic carbocycles. The van der Waals surface area contributed by atoms with Gasteiger partial charge in [-0.1, -0.05) is 18.2 Å². The highest BCUT2D eigenvalue weighted by Crippen LogP contribution is 2.30. The van der Waals surface area contributed by atoms with Gasteiger partial charge < -0.3 is 9.73 Å². The van der Waals surface area contributed by atoms with E-state index in [0.29, 0.717) is 11.4 Å². The number of halogens is 1. The minimum Gasteiger partial charge on any atom is -0.455 e. The maximum atomic E-state index is 13.1. The molecule has 0 fully saturated rings. The number of nitrogens with one attached hydrogen (secondary N) is 2. The van der Waals surface area contributed by atoms with Crippen molar-refractivity contribution in [2.45, 2.75) is 33.1 Å². The van der Waals surface area contributed by atoms with E-state index in [4.69, 9.17) is 4.42 Å². The van der Waals surface area contributed by atoms with Crippen LogP contribution in [0.3, 0.4) is 0 Å². The van der Waals surface area contributed by atoms with E-state index in [1.807, 2.05) is 38.1 Å². The van der Waals surface area contributed by atoms with E-state index >= 15 is 0 Å². The van der Waals surface area contributed by atoms with Crippen LogP contribution in [0.1, 0.15) is 45.8 Å². The Hall–Kier alpha value is -3.41. The quantitative estimate of drug-likeness (QED) is 0.582. The zero-order chi connectivity index (χ0) is 20.4. The first-order valence-electron chi connectivity index (χ1n) is 9.60. The number of anilines is 2. The zero-order valence-corrected chi connectivity index (χ0v) is 16.4. The van der Waals surface area contributed by atoms with Crippen LogP contribution in [0, 0.1) is 19.7 Å². The number of hydrazone groups is 1. The van der Waals surface area contributed by atoms with E-state index in [1.165, 1.54) is 12.1 Å². The Morgan fingerprint density at radius 2 is 1.83 bits per heavy atom. The summed E-state index contributed by atoms with van der Waals surface area (Å²) in [4.78, 5) is 12.8. The second-order valence-electron chi connectivity index (χ2n) is 7.15. The number of rotatable bonds is 4. The van der Waals surface area contributed by atoms with Crippen LogP contribution in [-0.4, -0.2) is 11.6 Å². The number of hydrogen-bond donors (Lipinski definition) is 2. The van der Waals surface area contributed by atoms with E-state index in [1.54, 1.807) is 12.1 Å². The van der Waals surface area contributed by atoms with Crippen LogP contribution in [0.4, 0.5) is 15.8 Å². The van der Waals surface area contributed by atoms with Crippen molar-refractivity contribution in [2.24, 2.45) is 5.10 Å². The summed E-state index contributed by atoms with van der Waals surface area (Å²) in [5, 5.41) is 7.44. The molecule has 6 heteroatoms. The minimum absolute atomic E-state index is 0.267. The molecule has 148 valence electrons. The van der Waals surface area contributed by atoms with Crippen LogP contribution in [0.2, 0.25) is 0 Å². The minimum atomic E-state index is -0.293. The Bertz CT molecular complexity index is 1080. The van der Waals surface area contributed by atoms with Gasteiger partial charge in [0.05, 0.1) is 11.4 Å². The molecule has 2 N–H and O–H groups in total. The highest BCUT2D eigenvalue weighted by molar-refractivity contribution is 6.09. The molecule has 1 heterocycles. The molecule has 1 amide bonds. The summed E-state index contributed by atoms with van der Waals surface area (Å²) < 4.78 is 19.0. The third-order valence-electron chi connectivity index (χ3n) is 5.09. The number of furan rings is 1. The topological polar surface area (TPSA) is 66.6 Å². The summed E-state index contributed by atoms with van der Waals surface area (Å²) in [6, 6.07) is 13.6. The molecule has 0 atom stereocenters. The lowest BCUT2D eigenvalue weighted by atomic mass is 9.93. The molecular weight excluding hydrogens is 369 g/mol. The Balaban J connectivity index is 1.60. The molecule has 0 aliphatic heterocycles. The molecule has 0 spiro atoms. The molecule has 0 saturated carbocycles. The number of amides is 1. The van der Waals surface area contributed by atoms with Gasteiger partial charge in [0, 0.05) is 23.2 Å². The first-order chi connectivity index (χ1) is 14.0. The fourth-order valence-electron chi connectivity index (χ4n) is 3.55. The van der Waals surface area contributed by atoms with Crippen molar-refractivity contribution >= 4 is 23.0 Å². The molecule has 0 bridgehead atoms. The fraction of sp³-hybridized carbons (Fsp3) is 0.217. The molecule has 1 aliphatic carbocycles. The predicted molar refractivity (Wildman–Crippen MR) is 112 cm³/mol. The average molecular weight is 391 g/mol. The van der Waals surface area contributed by atoms with Gasteiger partial charge >= 0.3 is 0 Å². The summed E-state index contributed by atoms with van der Waals surface area (Å²) in [7, 11) is 0. The first kappa shape index (κ1) is 18.9. The van der Waals surface area contributed by atoms with Crippen molar-refractivity contribution in [2.75, 3.05) is 10.7 Å². The van der Waals surface area contributed by atoms with Crippen LogP contribution in [-0.2, 0) is 6.42 Å². The Kier molecular flexibility index (Phi) is 5.16. The average Bonchev–Trinajstić information content (AvgIpc) is 3.07. The molecule has 4 rings (SSSR count). The molecule has 5 nitrogen and oxygen atoms in total. The molecule has 0 radical (unpaired) electrons. The number of fused-ring (bicyclic) bond motifs is 1. The number of nitrogens with zero attached hydrogens (tertiary/aromatic N) is 1. The summed E-state index contributed by atoms with van der Waals surface area (Å²) in [6.45, 7) is 3.83. The van der Waals surface area contributed by atoms with Gasteiger partial charge in [-0.15, -0.1) is 0 Å². The SMILES string of the molecule is Cc1ccccc1NC(=O)c1oc2c(c1C)/C(=N/Nc1ccc(F)cc1)CCC2. The van der Waals surface area contributed by atoms with Gasteiger partial charge in [0.15, 0.2) is 5.76 Å². The zero-order valence-electron chi connectivity index (χ0n) is 16.4. The van der Waals surface area contributed by atoms with Gasteiger partial charge in [0.2, 0.25) is 0 Å². The summed E-state index contributed by atoms with van der Waals surface area (Å²) in [6.07, 6.45) is 2.44. The highest BCUT2D eigenvalue weighted by atomic mass is 19.1. The standard InChI is InChI=1S/C23H22FN3O2/c1-14-6-3-4-7-18(14)25-23(28)22-15(2)21-19(8-5-9-20(21)29-22)27-26-17-12-10-16(24)11-13-17/h3-4,6-7,10-13,26H,5,8-9H2,1-2H3,(H,25,28)/b27-19+. The van der Waals surface area contributed by atoms with Crippen molar-refractivity contribution in [3.63, 3.8) is 0 Å². The van der Waals surface area contributed by atoms with Crippen molar-refractivity contribution in [3.05, 3.63) is 82.6 Å². The molecule has 0 saturated heterocycles. The number of benzene rings is 2. The Morgan fingerprint density at radius 3 is 2.59 bits per heavy atom. The third kappa shape index (κ3) is 3.92. The highest BCUT2D eigenvalue weighted by Gasteiger charge is 2.28. The van der Waals surface area contributed by atoms with Crippen molar-refractivity contribution in [1.29, 1.82) is 0 Å². The van der Waals surface area contributed by atoms with E-state index in [0.717, 1.165) is 53.1 Å². The van der Waals surface area contributed by atoms with Crippen LogP contribution >= 0.6 is 0 Å². The number of carbonyl (C=O) groups excluding carboxylic acids is 1. The van der Waals surface area contributed by atoms with E-state index in [-0.39, 0.29) is 11.7 Å². The van der Waals surface area contributed by atoms with E-state index < -0.39 is 0 Å². The number of aryl methyl sites for hydroxylation is 2. The van der Waals surface area contributed by atoms with Crippen LogP contribution < -0.4 is 10.7 Å². The third-order valence-corrected chi connectivity index (χ3v) is 5.09. The maximum Gasteiger partial charge on any atom is 0.291 e. The van der Waals surface area contributed by atoms with Crippen molar-refractivity contribution < 1.29 is 13.6 Å². The summed E-state index contributed by atoms with van der Waals surface area (Å²) in [5.41, 5.74) is 7.93. The maximum absolute atomic E-state index is 13.1. The van der Waals surface area contributed by atoms with Crippen molar-refractivity contribution in [3.8, 4) is 0 Å². The Morgan fingerprint density at radius 1 is 1.07 bits per heavy atom. The summed E-state index contributed by atoms with van der Waals surface area (Å²) >= 11 is 0. The van der Waals surface area contributed by atoms with Gasteiger partial charge in [-0.3, -0.25) is 10.2 Å². The smallest absolute Gasteiger partial charge is 0.291 e. The first-order valence-corrected chi connectivity index (χ1v) is 9.60. The largest absolute Gasteiger partial charge is 0.455 e. The second kappa shape index (κ2) is 7.91. The van der Waals surface area contributed by atoms with Gasteiger partial charge in [0.25, 0.3) is 5.91 Å². The number of carbonyl (C=O) groups is 1. The van der Waals surface area contributed by atoms with Crippen molar-refractivity contribution in [1.82, 2.24) is 0 Å². The molecule has 1 aliphatic rings. The van der Waals surface area contributed by atoms with Gasteiger partial charge in [-0.25, -0.2) is 4.39 Å². The molecule has 29 heavy (non-hydrogen) atoms. The predicted octanol–water partition coefficient (Wildman–Crippen LogP) is 5.44. The monoisotopic (exact) mass is 391 g/mol. The lowest BCUT2D eigenvalue weighted by Crippen LogP contribution is -2.15. The van der Waals surface area contributed by atoms with Crippen LogP contribution in [0.15, 0.2) is 58.0 Å². The normalized spacial score (nSPS) is 14.5. The van der Waals surface area contributed by atoms with Crippen LogP contribution in [0.25, 0.3) is 0 Å². The van der Waals surface area contributed by atoms with Gasteiger partial charge in [0.1, 0.15) is 11.6 Å². The van der Waals surface area contributed by atoms with E-state index in [2.05, 4.69) is 15.8 Å². The fourth-order valence-corrected chi connectivity index (χ4v) is 3.55. The lowest BCUT2D eigenvalue weighted by molar-refractivity contribution is 0.0994. The lowest BCUT2D eigenvalue weighted by Gasteiger charge is -2.13. The van der Waals surface area contributed by atoms with Gasteiger partial charge in [-0.05, 0) is 62.6 Å². The molecule has 1 aromatic heterocycles. The van der Waals surface area contributed by atoms with Crippen LogP contribution in [0.5, 0.6) is 0 Å².